The summed E-state index contributed by atoms with van der Waals surface area (Å²) in [7, 11) is 0. The van der Waals surface area contributed by atoms with E-state index in [9.17, 15) is 0 Å². The Bertz CT molecular complexity index is 114. The summed E-state index contributed by atoms with van der Waals surface area (Å²) >= 11 is 0. The fourth-order valence-electron chi connectivity index (χ4n) is 1.95. The number of hydrogen-bond donors (Lipinski definition) is 0. The van der Waals surface area contributed by atoms with E-state index in [1.54, 1.807) is 0 Å². The van der Waals surface area contributed by atoms with E-state index in [2.05, 4.69) is 18.4 Å². The lowest BCUT2D eigenvalue weighted by Gasteiger charge is -2.32. The lowest BCUT2D eigenvalue weighted by molar-refractivity contribution is 0.227. The smallest absolute Gasteiger partial charge is 0.0284 e. The fraction of sp³-hybridized carbons (Fsp3) is 0.800. The van der Waals surface area contributed by atoms with Crippen LogP contribution in [0.2, 0.25) is 0 Å². The molecule has 11 heavy (non-hydrogen) atoms. The van der Waals surface area contributed by atoms with Crippen LogP contribution in [0.1, 0.15) is 39.0 Å². The van der Waals surface area contributed by atoms with Gasteiger partial charge in [0.05, 0.1) is 0 Å². The van der Waals surface area contributed by atoms with Crippen molar-refractivity contribution in [2.24, 2.45) is 0 Å². The van der Waals surface area contributed by atoms with Crippen molar-refractivity contribution < 1.29 is 0 Å². The Labute approximate surface area is 70.1 Å². The molecule has 0 unspecified atom stereocenters. The zero-order valence-electron chi connectivity index (χ0n) is 7.55. The first kappa shape index (κ1) is 8.63. The highest BCUT2D eigenvalue weighted by atomic mass is 15.1. The summed E-state index contributed by atoms with van der Waals surface area (Å²) in [5.74, 6) is 0. The van der Waals surface area contributed by atoms with Gasteiger partial charge in [-0.15, -0.1) is 0 Å². The third kappa shape index (κ3) is 2.25. The predicted molar refractivity (Wildman–Crippen MR) is 49.5 cm³/mol. The molecule has 0 N–H and O–H groups in total. The summed E-state index contributed by atoms with van der Waals surface area (Å²) < 4.78 is 0. The van der Waals surface area contributed by atoms with Crippen LogP contribution in [0.3, 0.4) is 0 Å². The van der Waals surface area contributed by atoms with Gasteiger partial charge in [0.25, 0.3) is 0 Å². The van der Waals surface area contributed by atoms with E-state index < -0.39 is 0 Å². The molecule has 0 aromatic heterocycles. The molecule has 0 aromatic rings. The van der Waals surface area contributed by atoms with E-state index in [4.69, 9.17) is 0 Å². The molecular weight excluding hydrogens is 134 g/mol. The van der Waals surface area contributed by atoms with Crippen LogP contribution >= 0.6 is 0 Å². The van der Waals surface area contributed by atoms with Crippen molar-refractivity contribution in [2.75, 3.05) is 6.54 Å². The highest BCUT2D eigenvalue weighted by Gasteiger charge is 2.16. The van der Waals surface area contributed by atoms with Crippen LogP contribution in [0.15, 0.2) is 12.8 Å². The minimum Gasteiger partial charge on any atom is -0.375 e. The molecule has 0 radical (unpaired) electrons. The fourth-order valence-corrected chi connectivity index (χ4v) is 1.95. The molecule has 1 aliphatic carbocycles. The quantitative estimate of drug-likeness (QED) is 0.602. The van der Waals surface area contributed by atoms with Crippen LogP contribution in [-0.2, 0) is 0 Å². The first-order valence-corrected chi connectivity index (χ1v) is 4.76. The monoisotopic (exact) mass is 153 g/mol. The normalized spacial score (nSPS) is 19.7. The van der Waals surface area contributed by atoms with Crippen molar-refractivity contribution in [2.45, 2.75) is 45.1 Å². The first-order chi connectivity index (χ1) is 5.38. The van der Waals surface area contributed by atoms with Crippen LogP contribution < -0.4 is 0 Å². The second kappa shape index (κ2) is 4.42. The van der Waals surface area contributed by atoms with Gasteiger partial charge in [0, 0.05) is 12.6 Å². The summed E-state index contributed by atoms with van der Waals surface area (Å²) in [4.78, 5) is 2.37. The second-order valence-corrected chi connectivity index (χ2v) is 3.30. The number of rotatable bonds is 3. The summed E-state index contributed by atoms with van der Waals surface area (Å²) in [5, 5.41) is 0. The number of hydrogen-bond acceptors (Lipinski definition) is 1. The van der Waals surface area contributed by atoms with E-state index in [0.29, 0.717) is 0 Å². The Morgan fingerprint density at radius 3 is 2.45 bits per heavy atom. The molecule has 1 fully saturated rings. The van der Waals surface area contributed by atoms with E-state index in [-0.39, 0.29) is 0 Å². The van der Waals surface area contributed by atoms with Crippen LogP contribution in [0.25, 0.3) is 0 Å². The van der Waals surface area contributed by atoms with Gasteiger partial charge < -0.3 is 4.90 Å². The maximum absolute atomic E-state index is 3.83. The molecule has 0 amide bonds. The van der Waals surface area contributed by atoms with Crippen molar-refractivity contribution in [3.05, 3.63) is 12.8 Å². The Hall–Kier alpha value is -0.460. The molecule has 1 rings (SSSR count). The summed E-state index contributed by atoms with van der Waals surface area (Å²) in [6, 6.07) is 0.797. The maximum Gasteiger partial charge on any atom is 0.0284 e. The van der Waals surface area contributed by atoms with Crippen molar-refractivity contribution in [1.82, 2.24) is 4.90 Å². The van der Waals surface area contributed by atoms with Gasteiger partial charge in [-0.3, -0.25) is 0 Å². The third-order valence-corrected chi connectivity index (χ3v) is 2.64. The minimum absolute atomic E-state index is 0.797. The molecule has 0 spiro atoms. The van der Waals surface area contributed by atoms with E-state index in [0.717, 1.165) is 12.6 Å². The van der Waals surface area contributed by atoms with Gasteiger partial charge >= 0.3 is 0 Å². The largest absolute Gasteiger partial charge is 0.375 e. The maximum atomic E-state index is 3.83. The third-order valence-electron chi connectivity index (χ3n) is 2.64. The van der Waals surface area contributed by atoms with Gasteiger partial charge in [0.2, 0.25) is 0 Å². The summed E-state index contributed by atoms with van der Waals surface area (Å²) in [6.07, 6.45) is 9.00. The van der Waals surface area contributed by atoms with Gasteiger partial charge in [-0.1, -0.05) is 25.8 Å². The molecule has 1 nitrogen and oxygen atoms in total. The Kier molecular flexibility index (Phi) is 3.47. The molecule has 0 saturated heterocycles. The molecule has 0 aliphatic heterocycles. The van der Waals surface area contributed by atoms with Gasteiger partial charge in [0.1, 0.15) is 0 Å². The molecule has 0 aromatic carbocycles. The lowest BCUT2D eigenvalue weighted by atomic mass is 9.94. The van der Waals surface area contributed by atoms with Crippen molar-refractivity contribution in [3.8, 4) is 0 Å². The van der Waals surface area contributed by atoms with E-state index in [1.807, 2.05) is 6.20 Å². The van der Waals surface area contributed by atoms with Crippen molar-refractivity contribution in [1.29, 1.82) is 0 Å². The highest BCUT2D eigenvalue weighted by Crippen LogP contribution is 2.22. The Balaban J connectivity index is 2.35. The zero-order valence-corrected chi connectivity index (χ0v) is 7.55. The summed E-state index contributed by atoms with van der Waals surface area (Å²) in [6.45, 7) is 7.16. The molecule has 0 atom stereocenters. The van der Waals surface area contributed by atoms with Crippen molar-refractivity contribution >= 4 is 0 Å². The lowest BCUT2D eigenvalue weighted by Crippen LogP contribution is -2.31. The first-order valence-electron chi connectivity index (χ1n) is 4.76. The minimum atomic E-state index is 0.797. The van der Waals surface area contributed by atoms with Gasteiger partial charge in [-0.25, -0.2) is 0 Å². The van der Waals surface area contributed by atoms with Crippen LogP contribution in [0.4, 0.5) is 0 Å². The van der Waals surface area contributed by atoms with Crippen LogP contribution in [0, 0.1) is 0 Å². The molecule has 1 heteroatoms. The zero-order chi connectivity index (χ0) is 8.10. The van der Waals surface area contributed by atoms with Gasteiger partial charge in [-0.2, -0.15) is 0 Å². The highest BCUT2D eigenvalue weighted by molar-refractivity contribution is 4.81. The molecule has 1 saturated carbocycles. The molecule has 1 aliphatic rings. The van der Waals surface area contributed by atoms with E-state index in [1.165, 1.54) is 32.1 Å². The predicted octanol–water partition coefficient (Wildman–Crippen LogP) is 2.78. The average molecular weight is 153 g/mol. The topological polar surface area (TPSA) is 3.24 Å². The molecular formula is C10H19N. The molecule has 64 valence electrons. The van der Waals surface area contributed by atoms with Gasteiger partial charge in [0.15, 0.2) is 0 Å². The summed E-state index contributed by atoms with van der Waals surface area (Å²) in [5.41, 5.74) is 0. The average Bonchev–Trinajstić information content (AvgIpc) is 2.09. The Morgan fingerprint density at radius 1 is 1.36 bits per heavy atom. The second-order valence-electron chi connectivity index (χ2n) is 3.30. The van der Waals surface area contributed by atoms with Gasteiger partial charge in [-0.05, 0) is 26.0 Å². The van der Waals surface area contributed by atoms with Crippen molar-refractivity contribution in [3.63, 3.8) is 0 Å². The molecule has 0 bridgehead atoms. The molecule has 0 heterocycles. The SMILES string of the molecule is C=CN(CC)C1CCCCC1. The van der Waals surface area contributed by atoms with E-state index >= 15 is 0 Å². The van der Waals surface area contributed by atoms with Crippen LogP contribution in [0.5, 0.6) is 0 Å². The number of nitrogens with zero attached hydrogens (tertiary/aromatic N) is 1. The van der Waals surface area contributed by atoms with Crippen LogP contribution in [-0.4, -0.2) is 17.5 Å². The standard InChI is InChI=1S/C10H19N/c1-3-11(4-2)10-8-6-5-7-9-10/h3,10H,1,4-9H2,2H3. The Morgan fingerprint density at radius 2 is 2.00 bits per heavy atom.